The van der Waals surface area contributed by atoms with Gasteiger partial charge in [-0.3, -0.25) is 4.99 Å². The molecule has 0 aromatic heterocycles. The molecule has 0 aliphatic heterocycles. The number of methoxy groups -OCH3 is 1. The summed E-state index contributed by atoms with van der Waals surface area (Å²) in [5.41, 5.74) is 1.20. The lowest BCUT2D eigenvalue weighted by molar-refractivity contribution is 0.146. The zero-order chi connectivity index (χ0) is 16.2. The van der Waals surface area contributed by atoms with E-state index in [1.54, 1.807) is 7.11 Å². The predicted octanol–water partition coefficient (Wildman–Crippen LogP) is 2.52. The van der Waals surface area contributed by atoms with Crippen LogP contribution in [0.4, 0.5) is 0 Å². The highest BCUT2D eigenvalue weighted by Gasteiger charge is 2.04. The van der Waals surface area contributed by atoms with Gasteiger partial charge in [-0.2, -0.15) is 0 Å². The summed E-state index contributed by atoms with van der Waals surface area (Å²) in [6.45, 7) is 5.14. The number of benzene rings is 1. The van der Waals surface area contributed by atoms with Crippen molar-refractivity contribution in [2.45, 2.75) is 26.3 Å². The number of hydrogen-bond donors (Lipinski definition) is 1. The third-order valence-corrected chi connectivity index (χ3v) is 3.35. The average Bonchev–Trinajstić information content (AvgIpc) is 2.55. The average molecular weight is 307 g/mol. The number of nitrogens with one attached hydrogen (secondary N) is 1. The Hall–Kier alpha value is -1.75. The summed E-state index contributed by atoms with van der Waals surface area (Å²) in [4.78, 5) is 6.47. The van der Waals surface area contributed by atoms with Crippen molar-refractivity contribution in [2.24, 2.45) is 4.99 Å². The maximum Gasteiger partial charge on any atom is 0.193 e. The van der Waals surface area contributed by atoms with Crippen LogP contribution in [0.5, 0.6) is 5.75 Å². The van der Waals surface area contributed by atoms with Gasteiger partial charge in [-0.1, -0.05) is 25.5 Å². The largest absolute Gasteiger partial charge is 0.491 e. The summed E-state index contributed by atoms with van der Waals surface area (Å²) in [5.74, 6) is 1.79. The van der Waals surface area contributed by atoms with Gasteiger partial charge in [-0.25, -0.2) is 0 Å². The van der Waals surface area contributed by atoms with E-state index in [1.165, 1.54) is 18.4 Å². The van der Waals surface area contributed by atoms with Gasteiger partial charge < -0.3 is 19.7 Å². The molecule has 1 rings (SSSR count). The molecule has 1 aromatic carbocycles. The first-order chi connectivity index (χ1) is 10.7. The molecule has 0 unspecified atom stereocenters. The van der Waals surface area contributed by atoms with Gasteiger partial charge in [0.1, 0.15) is 12.4 Å². The van der Waals surface area contributed by atoms with E-state index in [-0.39, 0.29) is 0 Å². The van der Waals surface area contributed by atoms with Gasteiger partial charge in [-0.15, -0.1) is 0 Å². The van der Waals surface area contributed by atoms with Crippen LogP contribution in [0.2, 0.25) is 0 Å². The quantitative estimate of drug-likeness (QED) is 0.432. The Morgan fingerprint density at radius 2 is 1.95 bits per heavy atom. The number of guanidine groups is 1. The maximum atomic E-state index is 5.55. The minimum Gasteiger partial charge on any atom is -0.491 e. The molecule has 0 radical (unpaired) electrons. The first-order valence-electron chi connectivity index (χ1n) is 7.83. The van der Waals surface area contributed by atoms with Crippen LogP contribution in [0, 0.1) is 0 Å². The second-order valence-electron chi connectivity index (χ2n) is 5.16. The van der Waals surface area contributed by atoms with E-state index in [0.29, 0.717) is 13.2 Å². The Kier molecular flexibility index (Phi) is 9.07. The van der Waals surface area contributed by atoms with E-state index in [2.05, 4.69) is 41.3 Å². The fraction of sp³-hybridized carbons (Fsp3) is 0.588. The van der Waals surface area contributed by atoms with Gasteiger partial charge in [-0.05, 0) is 24.1 Å². The predicted molar refractivity (Wildman–Crippen MR) is 91.5 cm³/mol. The molecular weight excluding hydrogens is 278 g/mol. The Bertz CT molecular complexity index is 432. The highest BCUT2D eigenvalue weighted by molar-refractivity contribution is 5.79. The Labute approximate surface area is 134 Å². The van der Waals surface area contributed by atoms with E-state index in [1.807, 2.05) is 19.2 Å². The van der Waals surface area contributed by atoms with Gasteiger partial charge in [0.15, 0.2) is 5.96 Å². The minimum atomic E-state index is 0.572. The third kappa shape index (κ3) is 6.80. The third-order valence-electron chi connectivity index (χ3n) is 3.35. The second-order valence-corrected chi connectivity index (χ2v) is 5.16. The lowest BCUT2D eigenvalue weighted by Gasteiger charge is -2.21. The van der Waals surface area contributed by atoms with Gasteiger partial charge >= 0.3 is 0 Å². The van der Waals surface area contributed by atoms with Crippen molar-refractivity contribution in [1.82, 2.24) is 10.2 Å². The first-order valence-corrected chi connectivity index (χ1v) is 7.83. The summed E-state index contributed by atoms with van der Waals surface area (Å²) in [6.07, 6.45) is 2.36. The van der Waals surface area contributed by atoms with E-state index >= 15 is 0 Å². The fourth-order valence-corrected chi connectivity index (χ4v) is 2.01. The number of rotatable bonds is 9. The molecule has 1 aromatic rings. The SMILES string of the molecule is CCCCN(C)C(=NC)NCc1ccc(OCCOC)cc1. The summed E-state index contributed by atoms with van der Waals surface area (Å²) < 4.78 is 10.5. The molecule has 0 saturated heterocycles. The monoisotopic (exact) mass is 307 g/mol. The molecular formula is C17H29N3O2. The van der Waals surface area contributed by atoms with Crippen LogP contribution in [0.3, 0.4) is 0 Å². The Balaban J connectivity index is 2.42. The second kappa shape index (κ2) is 10.9. The fourth-order valence-electron chi connectivity index (χ4n) is 2.01. The molecule has 0 heterocycles. The molecule has 0 spiro atoms. The van der Waals surface area contributed by atoms with Crippen molar-refractivity contribution in [2.75, 3.05) is 41.0 Å². The van der Waals surface area contributed by atoms with Crippen molar-refractivity contribution in [1.29, 1.82) is 0 Å². The zero-order valence-electron chi connectivity index (χ0n) is 14.3. The first kappa shape index (κ1) is 18.3. The number of aliphatic imine (C=N–C) groups is 1. The number of unbranched alkanes of at least 4 members (excludes halogenated alkanes) is 1. The topological polar surface area (TPSA) is 46.1 Å². The van der Waals surface area contributed by atoms with Gasteiger partial charge in [0.05, 0.1) is 6.61 Å². The highest BCUT2D eigenvalue weighted by Crippen LogP contribution is 2.12. The van der Waals surface area contributed by atoms with Crippen molar-refractivity contribution in [3.8, 4) is 5.75 Å². The van der Waals surface area contributed by atoms with E-state index in [9.17, 15) is 0 Å². The molecule has 1 N–H and O–H groups in total. The van der Waals surface area contributed by atoms with E-state index < -0.39 is 0 Å². The van der Waals surface area contributed by atoms with Crippen LogP contribution in [-0.4, -0.2) is 51.8 Å². The van der Waals surface area contributed by atoms with E-state index in [0.717, 1.165) is 24.8 Å². The normalized spacial score (nSPS) is 11.4. The lowest BCUT2D eigenvalue weighted by atomic mass is 10.2. The number of ether oxygens (including phenoxy) is 2. The summed E-state index contributed by atoms with van der Waals surface area (Å²) >= 11 is 0. The summed E-state index contributed by atoms with van der Waals surface area (Å²) in [5, 5.41) is 3.38. The Morgan fingerprint density at radius 1 is 1.23 bits per heavy atom. The standard InChI is InChI=1S/C17H29N3O2/c1-5-6-11-20(3)17(18-2)19-14-15-7-9-16(10-8-15)22-13-12-21-4/h7-10H,5-6,11-14H2,1-4H3,(H,18,19). The molecule has 0 amide bonds. The van der Waals surface area contributed by atoms with Gasteiger partial charge in [0.25, 0.3) is 0 Å². The maximum absolute atomic E-state index is 5.55. The van der Waals surface area contributed by atoms with Crippen LogP contribution in [0.1, 0.15) is 25.3 Å². The van der Waals surface area contributed by atoms with Crippen LogP contribution in [0.25, 0.3) is 0 Å². The molecule has 124 valence electrons. The van der Waals surface area contributed by atoms with Gasteiger partial charge in [0, 0.05) is 34.3 Å². The molecule has 5 heteroatoms. The number of hydrogen-bond acceptors (Lipinski definition) is 3. The molecule has 5 nitrogen and oxygen atoms in total. The van der Waals surface area contributed by atoms with Crippen LogP contribution >= 0.6 is 0 Å². The van der Waals surface area contributed by atoms with Crippen LogP contribution in [-0.2, 0) is 11.3 Å². The zero-order valence-corrected chi connectivity index (χ0v) is 14.3. The van der Waals surface area contributed by atoms with Crippen molar-refractivity contribution in [3.05, 3.63) is 29.8 Å². The molecule has 0 fully saturated rings. The summed E-state index contributed by atoms with van der Waals surface area (Å²) in [6, 6.07) is 8.09. The summed E-state index contributed by atoms with van der Waals surface area (Å²) in [7, 11) is 5.55. The van der Waals surface area contributed by atoms with E-state index in [4.69, 9.17) is 9.47 Å². The smallest absolute Gasteiger partial charge is 0.193 e. The minimum absolute atomic E-state index is 0.572. The van der Waals surface area contributed by atoms with Crippen LogP contribution in [0.15, 0.2) is 29.3 Å². The molecule has 0 aliphatic carbocycles. The number of nitrogens with zero attached hydrogens (tertiary/aromatic N) is 2. The molecule has 0 saturated carbocycles. The Morgan fingerprint density at radius 3 is 2.55 bits per heavy atom. The lowest BCUT2D eigenvalue weighted by Crippen LogP contribution is -2.38. The molecule has 0 bridgehead atoms. The molecule has 22 heavy (non-hydrogen) atoms. The van der Waals surface area contributed by atoms with Crippen molar-refractivity contribution < 1.29 is 9.47 Å². The van der Waals surface area contributed by atoms with Crippen molar-refractivity contribution in [3.63, 3.8) is 0 Å². The molecule has 0 atom stereocenters. The van der Waals surface area contributed by atoms with Gasteiger partial charge in [0.2, 0.25) is 0 Å². The molecule has 0 aliphatic rings. The van der Waals surface area contributed by atoms with Crippen molar-refractivity contribution >= 4 is 5.96 Å². The highest BCUT2D eigenvalue weighted by atomic mass is 16.5. The van der Waals surface area contributed by atoms with Crippen LogP contribution < -0.4 is 10.1 Å².